The summed E-state index contributed by atoms with van der Waals surface area (Å²) in [7, 11) is 0. The molecule has 0 fully saturated rings. The fourth-order valence-electron chi connectivity index (χ4n) is 0.989. The Bertz CT molecular complexity index is 369. The summed E-state index contributed by atoms with van der Waals surface area (Å²) in [5.41, 5.74) is 1.40. The number of benzene rings is 1. The molecular formula is C10H9BrO2. The van der Waals surface area contributed by atoms with Gasteiger partial charge in [-0.15, -0.1) is 0 Å². The lowest BCUT2D eigenvalue weighted by atomic mass is 10.1. The van der Waals surface area contributed by atoms with Crippen LogP contribution in [-0.4, -0.2) is 11.6 Å². The number of carbonyl (C=O) groups is 2. The number of Topliss-reactive ketones (excluding diaryl/α,β-unsaturated/α-hetero) is 2. The molecule has 0 bridgehead atoms. The van der Waals surface area contributed by atoms with E-state index in [0.29, 0.717) is 5.56 Å². The zero-order valence-corrected chi connectivity index (χ0v) is 9.01. The number of hydrogen-bond donors (Lipinski definition) is 0. The first-order chi connectivity index (χ1) is 6.02. The molecule has 0 heterocycles. The Hall–Kier alpha value is -0.960. The van der Waals surface area contributed by atoms with Crippen LogP contribution in [0, 0.1) is 6.92 Å². The SMILES string of the molecule is CC(=O)C(=O)c1ccc(Br)c(C)c1. The molecule has 0 aliphatic carbocycles. The van der Waals surface area contributed by atoms with Crippen LogP contribution in [0.2, 0.25) is 0 Å². The summed E-state index contributed by atoms with van der Waals surface area (Å²) in [5.74, 6) is -0.864. The molecule has 68 valence electrons. The number of carbonyl (C=O) groups excluding carboxylic acids is 2. The van der Waals surface area contributed by atoms with Gasteiger partial charge >= 0.3 is 0 Å². The van der Waals surface area contributed by atoms with E-state index < -0.39 is 11.6 Å². The van der Waals surface area contributed by atoms with Gasteiger partial charge in [-0.1, -0.05) is 15.9 Å². The molecule has 3 heteroatoms. The van der Waals surface area contributed by atoms with Crippen LogP contribution in [0.25, 0.3) is 0 Å². The van der Waals surface area contributed by atoms with Crippen LogP contribution in [0.1, 0.15) is 22.8 Å². The first-order valence-electron chi connectivity index (χ1n) is 3.84. The van der Waals surface area contributed by atoms with E-state index in [0.717, 1.165) is 10.0 Å². The first kappa shape index (κ1) is 10.1. The summed E-state index contributed by atoms with van der Waals surface area (Å²) in [6.07, 6.45) is 0. The van der Waals surface area contributed by atoms with Crippen molar-refractivity contribution in [1.29, 1.82) is 0 Å². The maximum absolute atomic E-state index is 11.2. The summed E-state index contributed by atoms with van der Waals surface area (Å²) in [5, 5.41) is 0. The number of rotatable bonds is 2. The molecule has 0 spiro atoms. The summed E-state index contributed by atoms with van der Waals surface area (Å²) >= 11 is 3.32. The number of halogens is 1. The highest BCUT2D eigenvalue weighted by atomic mass is 79.9. The third-order valence-corrected chi connectivity index (χ3v) is 2.63. The van der Waals surface area contributed by atoms with Gasteiger partial charge in [-0.25, -0.2) is 0 Å². The van der Waals surface area contributed by atoms with Gasteiger partial charge in [-0.3, -0.25) is 9.59 Å². The van der Waals surface area contributed by atoms with Crippen LogP contribution < -0.4 is 0 Å². The molecule has 0 aromatic heterocycles. The van der Waals surface area contributed by atoms with E-state index in [-0.39, 0.29) is 0 Å². The third-order valence-electron chi connectivity index (χ3n) is 1.74. The average molecular weight is 241 g/mol. The Kier molecular flexibility index (Phi) is 2.98. The average Bonchev–Trinajstić information content (AvgIpc) is 2.08. The van der Waals surface area contributed by atoms with Gasteiger partial charge in [0.1, 0.15) is 0 Å². The van der Waals surface area contributed by atoms with Crippen LogP contribution in [0.15, 0.2) is 22.7 Å². The molecule has 1 aromatic rings. The Labute approximate surface area is 85.1 Å². The molecule has 1 rings (SSSR count). The minimum Gasteiger partial charge on any atom is -0.291 e. The molecule has 0 amide bonds. The maximum Gasteiger partial charge on any atom is 0.228 e. The van der Waals surface area contributed by atoms with Crippen LogP contribution in [0.5, 0.6) is 0 Å². The Balaban J connectivity index is 3.11. The molecule has 0 aliphatic rings. The van der Waals surface area contributed by atoms with E-state index in [9.17, 15) is 9.59 Å². The van der Waals surface area contributed by atoms with Crippen molar-refractivity contribution in [3.8, 4) is 0 Å². The van der Waals surface area contributed by atoms with Gasteiger partial charge in [0.25, 0.3) is 0 Å². The fourth-order valence-corrected chi connectivity index (χ4v) is 1.24. The third kappa shape index (κ3) is 2.25. The van der Waals surface area contributed by atoms with E-state index in [1.807, 2.05) is 6.92 Å². The smallest absolute Gasteiger partial charge is 0.228 e. The van der Waals surface area contributed by atoms with Crippen LogP contribution in [0.4, 0.5) is 0 Å². The highest BCUT2D eigenvalue weighted by molar-refractivity contribution is 9.10. The van der Waals surface area contributed by atoms with Crippen molar-refractivity contribution in [2.75, 3.05) is 0 Å². The Morgan fingerprint density at radius 2 is 1.92 bits per heavy atom. The lowest BCUT2D eigenvalue weighted by Gasteiger charge is -2.00. The summed E-state index contributed by atoms with van der Waals surface area (Å²) < 4.78 is 0.938. The van der Waals surface area contributed by atoms with Crippen molar-refractivity contribution in [2.24, 2.45) is 0 Å². The van der Waals surface area contributed by atoms with Crippen LogP contribution >= 0.6 is 15.9 Å². The molecule has 0 saturated heterocycles. The van der Waals surface area contributed by atoms with E-state index in [2.05, 4.69) is 15.9 Å². The molecule has 0 N–H and O–H groups in total. The Morgan fingerprint density at radius 1 is 1.31 bits per heavy atom. The molecule has 1 aromatic carbocycles. The number of aryl methyl sites for hydroxylation is 1. The van der Waals surface area contributed by atoms with Gasteiger partial charge in [0.2, 0.25) is 5.78 Å². The highest BCUT2D eigenvalue weighted by Gasteiger charge is 2.11. The predicted octanol–water partition coefficient (Wildman–Crippen LogP) is 2.53. The molecule has 0 atom stereocenters. The topological polar surface area (TPSA) is 34.1 Å². The molecular weight excluding hydrogens is 232 g/mol. The van der Waals surface area contributed by atoms with Gasteiger partial charge in [0, 0.05) is 17.0 Å². The fraction of sp³-hybridized carbons (Fsp3) is 0.200. The summed E-state index contributed by atoms with van der Waals surface area (Å²) in [6.45, 7) is 3.15. The lowest BCUT2D eigenvalue weighted by Crippen LogP contribution is -2.09. The minimum absolute atomic E-state index is 0.429. The van der Waals surface area contributed by atoms with Crippen LogP contribution in [0.3, 0.4) is 0 Å². The minimum atomic E-state index is -0.435. The largest absolute Gasteiger partial charge is 0.291 e. The number of hydrogen-bond acceptors (Lipinski definition) is 2. The quantitative estimate of drug-likeness (QED) is 0.589. The molecule has 2 nitrogen and oxygen atoms in total. The van der Waals surface area contributed by atoms with Gasteiger partial charge in [-0.2, -0.15) is 0 Å². The van der Waals surface area contributed by atoms with Gasteiger partial charge in [0.05, 0.1) is 0 Å². The zero-order valence-electron chi connectivity index (χ0n) is 7.43. The molecule has 13 heavy (non-hydrogen) atoms. The van der Waals surface area contributed by atoms with Crippen molar-refractivity contribution in [2.45, 2.75) is 13.8 Å². The van der Waals surface area contributed by atoms with Crippen molar-refractivity contribution >= 4 is 27.5 Å². The van der Waals surface area contributed by atoms with Crippen LogP contribution in [-0.2, 0) is 4.79 Å². The Morgan fingerprint density at radius 3 is 2.38 bits per heavy atom. The zero-order chi connectivity index (χ0) is 10.0. The summed E-state index contributed by atoms with van der Waals surface area (Å²) in [4.78, 5) is 22.0. The predicted molar refractivity (Wildman–Crippen MR) is 53.9 cm³/mol. The second kappa shape index (κ2) is 3.83. The van der Waals surface area contributed by atoms with Crippen molar-refractivity contribution in [3.63, 3.8) is 0 Å². The van der Waals surface area contributed by atoms with Crippen molar-refractivity contribution < 1.29 is 9.59 Å². The summed E-state index contributed by atoms with van der Waals surface area (Å²) in [6, 6.07) is 5.11. The maximum atomic E-state index is 11.2. The van der Waals surface area contributed by atoms with Crippen molar-refractivity contribution in [1.82, 2.24) is 0 Å². The van der Waals surface area contributed by atoms with E-state index in [4.69, 9.17) is 0 Å². The van der Waals surface area contributed by atoms with Crippen molar-refractivity contribution in [3.05, 3.63) is 33.8 Å². The van der Waals surface area contributed by atoms with E-state index >= 15 is 0 Å². The highest BCUT2D eigenvalue weighted by Crippen LogP contribution is 2.17. The monoisotopic (exact) mass is 240 g/mol. The first-order valence-corrected chi connectivity index (χ1v) is 4.63. The molecule has 0 radical (unpaired) electrons. The lowest BCUT2D eigenvalue weighted by molar-refractivity contribution is -0.113. The number of ketones is 2. The molecule has 0 unspecified atom stereocenters. The van der Waals surface area contributed by atoms with Gasteiger partial charge < -0.3 is 0 Å². The van der Waals surface area contributed by atoms with Gasteiger partial charge in [0.15, 0.2) is 5.78 Å². The second-order valence-electron chi connectivity index (χ2n) is 2.85. The van der Waals surface area contributed by atoms with Gasteiger partial charge in [-0.05, 0) is 30.7 Å². The molecule has 0 aliphatic heterocycles. The molecule has 0 saturated carbocycles. The van der Waals surface area contributed by atoms with E-state index in [1.54, 1.807) is 18.2 Å². The standard InChI is InChI=1S/C10H9BrO2/c1-6-5-8(3-4-9(6)11)10(13)7(2)12/h3-5H,1-2H3. The normalized spacial score (nSPS) is 9.77. The van der Waals surface area contributed by atoms with E-state index in [1.165, 1.54) is 6.92 Å². The second-order valence-corrected chi connectivity index (χ2v) is 3.70.